The molecule has 35 heavy (non-hydrogen) atoms. The molecule has 0 amide bonds. The van der Waals surface area contributed by atoms with E-state index in [0.29, 0.717) is 17.5 Å². The maximum Gasteiger partial charge on any atom is 0.185 e. The van der Waals surface area contributed by atoms with Crippen LogP contribution in [0.5, 0.6) is 0 Å². The molecule has 1 aromatic carbocycles. The molecule has 0 radical (unpaired) electrons. The number of Topliss-reactive ketones (excluding diaryl/α,β-unsaturated/α-hetero) is 1. The standard InChI is InChI=1S/C26H26F3N3O3/c1-13(2)26-25(34)19(30)11-22(35-26)15-8-9-31-12-14(15)10-21(33)20-7-6-18(29)24(32-20)23-16(27)4-3-5-17(23)28/h3-9,12-13,19,22,25-26,34H,10-11,30H2,1-2H3/t19-,22?,25+,26-/m0/s1. The van der Waals surface area contributed by atoms with Crippen molar-refractivity contribution in [3.8, 4) is 11.3 Å². The van der Waals surface area contributed by atoms with Crippen LogP contribution < -0.4 is 5.73 Å². The second-order valence-electron chi connectivity index (χ2n) is 9.02. The highest BCUT2D eigenvalue weighted by Gasteiger charge is 2.38. The number of carbonyl (C=O) groups is 1. The van der Waals surface area contributed by atoms with E-state index in [9.17, 15) is 23.1 Å². The number of rotatable bonds is 6. The lowest BCUT2D eigenvalue weighted by Crippen LogP contribution is -2.52. The summed E-state index contributed by atoms with van der Waals surface area (Å²) in [5.74, 6) is -3.38. The van der Waals surface area contributed by atoms with Gasteiger partial charge >= 0.3 is 0 Å². The minimum atomic E-state index is -0.983. The van der Waals surface area contributed by atoms with Gasteiger partial charge in [0.2, 0.25) is 0 Å². The van der Waals surface area contributed by atoms with E-state index in [2.05, 4.69) is 9.97 Å². The van der Waals surface area contributed by atoms with Gasteiger partial charge in [-0.2, -0.15) is 0 Å². The third kappa shape index (κ3) is 5.12. The molecule has 2 aromatic heterocycles. The number of pyridine rings is 2. The Hall–Kier alpha value is -3.14. The fourth-order valence-electron chi connectivity index (χ4n) is 4.37. The normalized spacial score (nSPS) is 22.4. The maximum atomic E-state index is 14.4. The molecule has 3 aromatic rings. The molecule has 1 aliphatic heterocycles. The van der Waals surface area contributed by atoms with Crippen molar-refractivity contribution in [2.24, 2.45) is 11.7 Å². The van der Waals surface area contributed by atoms with Crippen LogP contribution in [0.15, 0.2) is 48.8 Å². The van der Waals surface area contributed by atoms with Crippen molar-refractivity contribution in [2.45, 2.75) is 51.0 Å². The molecule has 1 saturated heterocycles. The average molecular weight is 486 g/mol. The third-order valence-electron chi connectivity index (χ3n) is 6.21. The molecule has 4 atom stereocenters. The van der Waals surface area contributed by atoms with E-state index in [1.807, 2.05) is 13.8 Å². The largest absolute Gasteiger partial charge is 0.389 e. The Morgan fingerprint density at radius 2 is 1.86 bits per heavy atom. The number of hydrogen-bond acceptors (Lipinski definition) is 6. The predicted molar refractivity (Wildman–Crippen MR) is 123 cm³/mol. The first-order chi connectivity index (χ1) is 16.7. The van der Waals surface area contributed by atoms with E-state index in [0.717, 1.165) is 24.3 Å². The highest BCUT2D eigenvalue weighted by Crippen LogP contribution is 2.35. The second kappa shape index (κ2) is 10.2. The fraction of sp³-hybridized carbons (Fsp3) is 0.346. The van der Waals surface area contributed by atoms with Gasteiger partial charge in [-0.1, -0.05) is 19.9 Å². The van der Waals surface area contributed by atoms with E-state index in [-0.39, 0.29) is 18.0 Å². The number of hydrogen-bond donors (Lipinski definition) is 2. The van der Waals surface area contributed by atoms with Crippen LogP contribution in [0.2, 0.25) is 0 Å². The maximum absolute atomic E-state index is 14.4. The predicted octanol–water partition coefficient (Wildman–Crippen LogP) is 4.16. The highest BCUT2D eigenvalue weighted by atomic mass is 19.1. The van der Waals surface area contributed by atoms with Crippen molar-refractivity contribution in [1.29, 1.82) is 0 Å². The topological polar surface area (TPSA) is 98.3 Å². The Bertz CT molecular complexity index is 1220. The monoisotopic (exact) mass is 485 g/mol. The lowest BCUT2D eigenvalue weighted by molar-refractivity contribution is -0.145. The van der Waals surface area contributed by atoms with Crippen molar-refractivity contribution in [2.75, 3.05) is 0 Å². The first-order valence-electron chi connectivity index (χ1n) is 11.3. The van der Waals surface area contributed by atoms with Crippen molar-refractivity contribution < 1.29 is 27.8 Å². The Morgan fingerprint density at radius 1 is 1.14 bits per heavy atom. The third-order valence-corrected chi connectivity index (χ3v) is 6.21. The van der Waals surface area contributed by atoms with Gasteiger partial charge in [0.1, 0.15) is 28.8 Å². The summed E-state index contributed by atoms with van der Waals surface area (Å²) in [5, 5.41) is 10.4. The van der Waals surface area contributed by atoms with Crippen LogP contribution in [0.1, 0.15) is 48.0 Å². The number of ether oxygens (including phenoxy) is 1. The highest BCUT2D eigenvalue weighted by molar-refractivity contribution is 5.96. The molecule has 9 heteroatoms. The Kier molecular flexibility index (Phi) is 7.30. The molecule has 0 spiro atoms. The number of nitrogens with zero attached hydrogens (tertiary/aromatic N) is 2. The molecule has 1 unspecified atom stereocenters. The SMILES string of the molecule is CC(C)[C@@H]1OC(c2ccncc2CC(=O)c2ccc(F)c(-c3c(F)cccc3F)n2)C[C@H](N)[C@H]1O. The number of aliphatic hydroxyl groups is 1. The number of ketones is 1. The second-order valence-corrected chi connectivity index (χ2v) is 9.02. The summed E-state index contributed by atoms with van der Waals surface area (Å²) in [6.45, 7) is 3.85. The summed E-state index contributed by atoms with van der Waals surface area (Å²) in [7, 11) is 0. The molecule has 0 aliphatic carbocycles. The molecule has 0 saturated carbocycles. The number of benzene rings is 1. The van der Waals surface area contributed by atoms with Gasteiger partial charge in [-0.05, 0) is 53.8 Å². The van der Waals surface area contributed by atoms with Gasteiger partial charge in [0.05, 0.1) is 23.9 Å². The summed E-state index contributed by atoms with van der Waals surface area (Å²) in [6.07, 6.45) is 1.56. The summed E-state index contributed by atoms with van der Waals surface area (Å²) in [5.41, 5.74) is 6.07. The van der Waals surface area contributed by atoms with Crippen LogP contribution in [-0.2, 0) is 11.2 Å². The number of halogens is 3. The van der Waals surface area contributed by atoms with E-state index in [4.69, 9.17) is 10.5 Å². The Morgan fingerprint density at radius 3 is 2.54 bits per heavy atom. The van der Waals surface area contributed by atoms with Crippen molar-refractivity contribution in [3.63, 3.8) is 0 Å². The van der Waals surface area contributed by atoms with Crippen molar-refractivity contribution in [3.05, 3.63) is 83.1 Å². The van der Waals surface area contributed by atoms with E-state index < -0.39 is 58.8 Å². The molecular formula is C26H26F3N3O3. The summed E-state index contributed by atoms with van der Waals surface area (Å²) in [4.78, 5) is 21.2. The van der Waals surface area contributed by atoms with Gasteiger partial charge in [0.15, 0.2) is 5.78 Å². The first kappa shape index (κ1) is 25.0. The minimum Gasteiger partial charge on any atom is -0.389 e. The molecular weight excluding hydrogens is 459 g/mol. The van der Waals surface area contributed by atoms with Crippen molar-refractivity contribution >= 4 is 5.78 Å². The van der Waals surface area contributed by atoms with Crippen LogP contribution in [0.4, 0.5) is 13.2 Å². The van der Waals surface area contributed by atoms with Gasteiger partial charge < -0.3 is 15.6 Å². The lowest BCUT2D eigenvalue weighted by Gasteiger charge is -2.40. The van der Waals surface area contributed by atoms with Gasteiger partial charge in [-0.15, -0.1) is 0 Å². The average Bonchev–Trinajstić information content (AvgIpc) is 2.82. The minimum absolute atomic E-state index is 0.0198. The van der Waals surface area contributed by atoms with Crippen LogP contribution in [-0.4, -0.2) is 39.1 Å². The van der Waals surface area contributed by atoms with Crippen LogP contribution in [0.3, 0.4) is 0 Å². The van der Waals surface area contributed by atoms with Crippen LogP contribution in [0, 0.1) is 23.4 Å². The van der Waals surface area contributed by atoms with Gasteiger partial charge in [-0.3, -0.25) is 9.78 Å². The van der Waals surface area contributed by atoms with E-state index in [1.165, 1.54) is 12.3 Å². The lowest BCUT2D eigenvalue weighted by atomic mass is 9.86. The quantitative estimate of drug-likeness (QED) is 0.509. The summed E-state index contributed by atoms with van der Waals surface area (Å²) < 4.78 is 49.0. The molecule has 184 valence electrons. The Balaban J connectivity index is 1.63. The molecule has 1 aliphatic rings. The van der Waals surface area contributed by atoms with E-state index >= 15 is 0 Å². The van der Waals surface area contributed by atoms with Gasteiger partial charge in [-0.25, -0.2) is 18.2 Å². The van der Waals surface area contributed by atoms with Gasteiger partial charge in [0.25, 0.3) is 0 Å². The molecule has 3 heterocycles. The molecule has 4 rings (SSSR count). The molecule has 6 nitrogen and oxygen atoms in total. The Labute approximate surface area is 201 Å². The number of aliphatic hydroxyl groups excluding tert-OH is 1. The first-order valence-corrected chi connectivity index (χ1v) is 11.3. The molecule has 1 fully saturated rings. The van der Waals surface area contributed by atoms with Gasteiger partial charge in [0, 0.05) is 24.9 Å². The number of nitrogens with two attached hydrogens (primary N) is 1. The molecule has 3 N–H and O–H groups in total. The zero-order valence-corrected chi connectivity index (χ0v) is 19.3. The molecule has 0 bridgehead atoms. The summed E-state index contributed by atoms with van der Waals surface area (Å²) in [6, 6.07) is 6.51. The smallest absolute Gasteiger partial charge is 0.185 e. The summed E-state index contributed by atoms with van der Waals surface area (Å²) >= 11 is 0. The van der Waals surface area contributed by atoms with Crippen LogP contribution in [0.25, 0.3) is 11.3 Å². The fourth-order valence-corrected chi connectivity index (χ4v) is 4.37. The number of aromatic nitrogens is 2. The zero-order chi connectivity index (χ0) is 25.3. The van der Waals surface area contributed by atoms with Crippen molar-refractivity contribution in [1.82, 2.24) is 9.97 Å². The van der Waals surface area contributed by atoms with E-state index in [1.54, 1.807) is 12.3 Å². The number of carbonyl (C=O) groups excluding carboxylic acids is 1. The zero-order valence-electron chi connectivity index (χ0n) is 19.3. The van der Waals surface area contributed by atoms with Crippen LogP contribution >= 0.6 is 0 Å².